The van der Waals surface area contributed by atoms with E-state index in [9.17, 15) is 14.4 Å². The van der Waals surface area contributed by atoms with E-state index < -0.39 is 12.1 Å². The number of carbonyl (C=O) groups excluding carboxylic acids is 2. The second kappa shape index (κ2) is 14.0. The average molecular weight is 556 g/mol. The van der Waals surface area contributed by atoms with Gasteiger partial charge in [-0.2, -0.15) is 0 Å². The Morgan fingerprint density at radius 1 is 1.02 bits per heavy atom. The lowest BCUT2D eigenvalue weighted by atomic mass is 9.95. The minimum Gasteiger partial charge on any atom is -0.493 e. The number of hydrogen-bond donors (Lipinski definition) is 3. The Morgan fingerprint density at radius 3 is 2.35 bits per heavy atom. The van der Waals surface area contributed by atoms with E-state index in [1.165, 1.54) is 6.92 Å². The first-order valence-corrected chi connectivity index (χ1v) is 13.5. The number of rotatable bonds is 12. The first kappa shape index (κ1) is 30.7. The Kier molecular flexibility index (Phi) is 10.8. The van der Waals surface area contributed by atoms with Crippen molar-refractivity contribution in [3.05, 3.63) is 45.6 Å². The molecule has 10 heteroatoms. The number of methoxy groups -OCH3 is 4. The van der Waals surface area contributed by atoms with E-state index in [0.29, 0.717) is 55.2 Å². The van der Waals surface area contributed by atoms with Crippen LogP contribution in [0, 0.1) is 5.92 Å². The van der Waals surface area contributed by atoms with Crippen molar-refractivity contribution >= 4 is 17.5 Å². The van der Waals surface area contributed by atoms with Gasteiger partial charge < -0.3 is 34.9 Å². The van der Waals surface area contributed by atoms with Gasteiger partial charge in [0.25, 0.3) is 0 Å². The summed E-state index contributed by atoms with van der Waals surface area (Å²) in [7, 11) is 6.23. The van der Waals surface area contributed by atoms with E-state index in [0.717, 1.165) is 16.7 Å². The summed E-state index contributed by atoms with van der Waals surface area (Å²) < 4.78 is 22.1. The first-order valence-electron chi connectivity index (χ1n) is 13.5. The molecule has 0 aromatic heterocycles. The molecule has 40 heavy (non-hydrogen) atoms. The molecule has 0 saturated carbocycles. The highest BCUT2D eigenvalue weighted by Crippen LogP contribution is 2.50. The number of benzene rings is 1. The zero-order valence-electron chi connectivity index (χ0n) is 24.4. The maximum atomic E-state index is 13.6. The van der Waals surface area contributed by atoms with Crippen LogP contribution in [-0.2, 0) is 20.7 Å². The van der Waals surface area contributed by atoms with Gasteiger partial charge in [-0.05, 0) is 60.1 Å². The summed E-state index contributed by atoms with van der Waals surface area (Å²) in [5, 5.41) is 9.05. The summed E-state index contributed by atoms with van der Waals surface area (Å²) in [6.07, 6.45) is 1.69. The topological polar surface area (TPSA) is 124 Å². The van der Waals surface area contributed by atoms with Crippen LogP contribution in [0.5, 0.6) is 17.2 Å². The number of amides is 2. The van der Waals surface area contributed by atoms with Gasteiger partial charge >= 0.3 is 0 Å². The van der Waals surface area contributed by atoms with Crippen LogP contribution >= 0.6 is 0 Å². The van der Waals surface area contributed by atoms with Crippen LogP contribution in [-0.4, -0.2) is 59.4 Å². The van der Waals surface area contributed by atoms with Gasteiger partial charge in [0.1, 0.15) is 6.04 Å². The Labute approximate surface area is 235 Å². The van der Waals surface area contributed by atoms with Crippen LogP contribution in [0.25, 0.3) is 11.1 Å². The molecule has 10 nitrogen and oxygen atoms in total. The normalized spacial score (nSPS) is 14.8. The van der Waals surface area contributed by atoms with Crippen molar-refractivity contribution in [3.8, 4) is 28.4 Å². The van der Waals surface area contributed by atoms with Gasteiger partial charge in [0.15, 0.2) is 11.5 Å². The van der Waals surface area contributed by atoms with Gasteiger partial charge in [-0.1, -0.05) is 19.9 Å². The monoisotopic (exact) mass is 555 g/mol. The number of aryl methyl sites for hydroxylation is 1. The molecule has 2 aromatic rings. The third-order valence-electron chi connectivity index (χ3n) is 6.87. The lowest BCUT2D eigenvalue weighted by Gasteiger charge is -2.20. The molecule has 2 amide bonds. The smallest absolute Gasteiger partial charge is 0.242 e. The number of fused-ring (bicyclic) bond motifs is 3. The lowest BCUT2D eigenvalue weighted by molar-refractivity contribution is -0.122. The van der Waals surface area contributed by atoms with Crippen LogP contribution < -0.4 is 35.6 Å². The summed E-state index contributed by atoms with van der Waals surface area (Å²) in [6.45, 7) is 6.25. The third-order valence-corrected chi connectivity index (χ3v) is 6.87. The summed E-state index contributed by atoms with van der Waals surface area (Å²) in [5.74, 6) is 1.23. The minimum atomic E-state index is -0.621. The van der Waals surface area contributed by atoms with Crippen molar-refractivity contribution in [3.63, 3.8) is 0 Å². The van der Waals surface area contributed by atoms with E-state index in [2.05, 4.69) is 16.0 Å². The predicted molar refractivity (Wildman–Crippen MR) is 154 cm³/mol. The molecule has 2 atom stereocenters. The number of nitrogens with one attached hydrogen (secondary N) is 3. The molecule has 0 radical (unpaired) electrons. The Balaban J connectivity index is 2.21. The van der Waals surface area contributed by atoms with Crippen molar-refractivity contribution in [2.75, 3.05) is 46.9 Å². The maximum absolute atomic E-state index is 13.6. The van der Waals surface area contributed by atoms with E-state index in [1.54, 1.807) is 40.6 Å². The summed E-state index contributed by atoms with van der Waals surface area (Å²) in [6, 6.07) is 5.93. The fourth-order valence-electron chi connectivity index (χ4n) is 5.12. The van der Waals surface area contributed by atoms with Gasteiger partial charge in [-0.15, -0.1) is 0 Å². The molecule has 218 valence electrons. The van der Waals surface area contributed by atoms with Crippen molar-refractivity contribution in [2.24, 2.45) is 5.92 Å². The molecule has 1 aliphatic rings. The Hall–Kier alpha value is -3.79. The SMILES string of the molecule is COCCNC(=O)C(CC(C)C)Nc1ccc2c(cc1=O)C(NC(C)=O)CCc1cc(OC)c(OC)c(OC)c1-2. The van der Waals surface area contributed by atoms with Gasteiger partial charge in [0.2, 0.25) is 23.0 Å². The molecule has 0 fully saturated rings. The van der Waals surface area contributed by atoms with Gasteiger partial charge in [0.05, 0.1) is 39.7 Å². The number of hydrogen-bond acceptors (Lipinski definition) is 8. The molecular formula is C30H41N3O7. The van der Waals surface area contributed by atoms with Crippen molar-refractivity contribution in [2.45, 2.75) is 52.1 Å². The molecule has 3 N–H and O–H groups in total. The fourth-order valence-corrected chi connectivity index (χ4v) is 5.12. The highest BCUT2D eigenvalue weighted by atomic mass is 16.5. The van der Waals surface area contributed by atoms with Crippen LogP contribution in [0.1, 0.15) is 50.8 Å². The number of anilines is 1. The zero-order valence-corrected chi connectivity index (χ0v) is 24.4. The molecule has 1 aliphatic carbocycles. The van der Waals surface area contributed by atoms with Gasteiger partial charge in [0, 0.05) is 26.1 Å². The maximum Gasteiger partial charge on any atom is 0.242 e. The number of carbonyl (C=O) groups is 2. The zero-order chi connectivity index (χ0) is 29.4. The molecule has 2 unspecified atom stereocenters. The highest BCUT2D eigenvalue weighted by Gasteiger charge is 2.30. The molecule has 3 rings (SSSR count). The second-order valence-electron chi connectivity index (χ2n) is 10.2. The highest BCUT2D eigenvalue weighted by molar-refractivity contribution is 5.86. The van der Waals surface area contributed by atoms with Gasteiger partial charge in [-0.3, -0.25) is 14.4 Å². The van der Waals surface area contributed by atoms with Crippen molar-refractivity contribution < 1.29 is 28.5 Å². The van der Waals surface area contributed by atoms with Crippen LogP contribution in [0.4, 0.5) is 5.69 Å². The second-order valence-corrected chi connectivity index (χ2v) is 10.2. The third kappa shape index (κ3) is 7.04. The number of ether oxygens (including phenoxy) is 4. The van der Waals surface area contributed by atoms with E-state index >= 15 is 0 Å². The average Bonchev–Trinajstić information content (AvgIpc) is 3.15. The van der Waals surface area contributed by atoms with Gasteiger partial charge in [-0.25, -0.2) is 0 Å². The molecule has 2 aromatic carbocycles. The van der Waals surface area contributed by atoms with Crippen molar-refractivity contribution in [1.82, 2.24) is 10.6 Å². The molecule has 0 spiro atoms. The summed E-state index contributed by atoms with van der Waals surface area (Å²) >= 11 is 0. The first-order chi connectivity index (χ1) is 19.1. The molecule has 0 saturated heterocycles. The van der Waals surface area contributed by atoms with Crippen LogP contribution in [0.15, 0.2) is 29.1 Å². The fraction of sp³-hybridized carbons (Fsp3) is 0.500. The largest absolute Gasteiger partial charge is 0.493 e. The molecular weight excluding hydrogens is 514 g/mol. The standard InChI is InChI=1S/C30H41N3O7/c1-17(2)14-24(30(36)31-12-13-37-4)33-23-11-9-20-21(16-25(23)35)22(32-18(3)34)10-8-19-15-26(38-5)28(39-6)29(40-7)27(19)20/h9,11,15-17,22,24H,8,10,12-14H2,1-7H3,(H,31,36)(H,32,34)(H,33,35). The molecule has 0 heterocycles. The van der Waals surface area contributed by atoms with Crippen molar-refractivity contribution in [1.29, 1.82) is 0 Å². The van der Waals surface area contributed by atoms with E-state index in [4.69, 9.17) is 18.9 Å². The van der Waals surface area contributed by atoms with E-state index in [-0.39, 0.29) is 28.8 Å². The molecule has 0 bridgehead atoms. The predicted octanol–water partition coefficient (Wildman–Crippen LogP) is 3.45. The minimum absolute atomic E-state index is 0.203. The quantitative estimate of drug-likeness (QED) is 0.340. The van der Waals surface area contributed by atoms with Crippen LogP contribution in [0.2, 0.25) is 0 Å². The van der Waals surface area contributed by atoms with Crippen LogP contribution in [0.3, 0.4) is 0 Å². The Morgan fingerprint density at radius 2 is 1.75 bits per heavy atom. The molecule has 0 aliphatic heterocycles. The lowest BCUT2D eigenvalue weighted by Crippen LogP contribution is -2.42. The van der Waals surface area contributed by atoms with E-state index in [1.807, 2.05) is 26.0 Å². The summed E-state index contributed by atoms with van der Waals surface area (Å²) in [4.78, 5) is 38.8. The Bertz CT molecular complexity index is 1280. The summed E-state index contributed by atoms with van der Waals surface area (Å²) in [5.41, 5.74) is 3.07.